The fourth-order valence-corrected chi connectivity index (χ4v) is 4.07. The Kier molecular flexibility index (Phi) is 6.14. The molecule has 0 fully saturated rings. The van der Waals surface area contributed by atoms with Crippen molar-refractivity contribution >= 4 is 51.5 Å². The van der Waals surface area contributed by atoms with Crippen LogP contribution in [0, 0.1) is 0 Å². The normalized spacial score (nSPS) is 13.3. The molecular formula is C28H19ClN2O5. The van der Waals surface area contributed by atoms with Crippen LogP contribution in [0.2, 0.25) is 0 Å². The molecule has 0 saturated carbocycles. The first-order chi connectivity index (χ1) is 17.5. The average molecular weight is 499 g/mol. The molecule has 5 rings (SSSR count). The molecule has 36 heavy (non-hydrogen) atoms. The molecule has 0 bridgehead atoms. The highest BCUT2D eigenvalue weighted by Crippen LogP contribution is 2.31. The molecule has 0 aromatic heterocycles. The van der Waals surface area contributed by atoms with Gasteiger partial charge in [0.15, 0.2) is 0 Å². The Bertz CT molecular complexity index is 1520. The number of nitrogens with zero attached hydrogens (tertiary/aromatic N) is 1. The van der Waals surface area contributed by atoms with E-state index in [4.69, 9.17) is 21.1 Å². The van der Waals surface area contributed by atoms with Gasteiger partial charge in [-0.05, 0) is 60.0 Å². The number of carbonyl (C=O) groups is 3. The second kappa shape index (κ2) is 9.56. The van der Waals surface area contributed by atoms with Crippen molar-refractivity contribution in [3.05, 3.63) is 107 Å². The van der Waals surface area contributed by atoms with Gasteiger partial charge in [0.05, 0.1) is 18.4 Å². The highest BCUT2D eigenvalue weighted by molar-refractivity contribution is 6.53. The zero-order valence-electron chi connectivity index (χ0n) is 19.0. The molecule has 4 aromatic rings. The standard InChI is InChI=1S/C28H19ClN2O5/c1-35-21-15-13-20(14-16-21)31-26(32)24(29)25(27(31)33)30-19-11-9-18(10-12-19)28(34)36-23-8-4-6-17-5-2-3-7-22(17)23/h2-16,30H,1H3. The van der Waals surface area contributed by atoms with E-state index in [2.05, 4.69) is 5.32 Å². The van der Waals surface area contributed by atoms with Gasteiger partial charge in [0, 0.05) is 11.1 Å². The summed E-state index contributed by atoms with van der Waals surface area (Å²) < 4.78 is 10.7. The molecule has 0 saturated heterocycles. The summed E-state index contributed by atoms with van der Waals surface area (Å²) in [5.74, 6) is -0.688. The molecule has 4 aromatic carbocycles. The van der Waals surface area contributed by atoms with Crippen LogP contribution in [-0.4, -0.2) is 24.9 Å². The lowest BCUT2D eigenvalue weighted by molar-refractivity contribution is -0.120. The molecule has 8 heteroatoms. The smallest absolute Gasteiger partial charge is 0.343 e. The number of carbonyl (C=O) groups excluding carboxylic acids is 3. The van der Waals surface area contributed by atoms with E-state index in [0.29, 0.717) is 28.4 Å². The Morgan fingerprint density at radius 1 is 0.833 bits per heavy atom. The molecule has 1 aliphatic rings. The number of imide groups is 1. The van der Waals surface area contributed by atoms with Crippen molar-refractivity contribution in [1.82, 2.24) is 0 Å². The van der Waals surface area contributed by atoms with Gasteiger partial charge in [0.25, 0.3) is 11.8 Å². The van der Waals surface area contributed by atoms with E-state index in [-0.39, 0.29) is 10.7 Å². The third-order valence-electron chi connectivity index (χ3n) is 5.70. The van der Waals surface area contributed by atoms with Crippen LogP contribution in [0.1, 0.15) is 10.4 Å². The first kappa shape index (κ1) is 23.1. The SMILES string of the molecule is COc1ccc(N2C(=O)C(Cl)=C(Nc3ccc(C(=O)Oc4cccc5ccccc45)cc3)C2=O)cc1. The minimum atomic E-state index is -0.635. The molecular weight excluding hydrogens is 480 g/mol. The molecule has 1 aliphatic heterocycles. The molecule has 0 radical (unpaired) electrons. The summed E-state index contributed by atoms with van der Waals surface area (Å²) in [6.07, 6.45) is 0. The van der Waals surface area contributed by atoms with Gasteiger partial charge in [-0.3, -0.25) is 9.59 Å². The second-order valence-electron chi connectivity index (χ2n) is 7.90. The lowest BCUT2D eigenvalue weighted by atomic mass is 10.1. The average Bonchev–Trinajstić information content (AvgIpc) is 3.12. The van der Waals surface area contributed by atoms with Crippen molar-refractivity contribution in [1.29, 1.82) is 0 Å². The molecule has 0 unspecified atom stereocenters. The fraction of sp³-hybridized carbons (Fsp3) is 0.0357. The predicted molar refractivity (Wildman–Crippen MR) is 137 cm³/mol. The Morgan fingerprint density at radius 3 is 2.25 bits per heavy atom. The van der Waals surface area contributed by atoms with E-state index in [0.717, 1.165) is 15.7 Å². The first-order valence-electron chi connectivity index (χ1n) is 11.0. The van der Waals surface area contributed by atoms with Crippen molar-refractivity contribution in [2.75, 3.05) is 17.3 Å². The third kappa shape index (κ3) is 4.28. The van der Waals surface area contributed by atoms with Crippen LogP contribution in [0.5, 0.6) is 11.5 Å². The highest BCUT2D eigenvalue weighted by atomic mass is 35.5. The van der Waals surface area contributed by atoms with E-state index < -0.39 is 17.8 Å². The van der Waals surface area contributed by atoms with Crippen LogP contribution in [0.25, 0.3) is 10.8 Å². The summed E-state index contributed by atoms with van der Waals surface area (Å²) in [4.78, 5) is 39.3. The summed E-state index contributed by atoms with van der Waals surface area (Å²) >= 11 is 6.20. The number of rotatable bonds is 6. The van der Waals surface area contributed by atoms with Gasteiger partial charge < -0.3 is 14.8 Å². The van der Waals surface area contributed by atoms with Gasteiger partial charge in [0.2, 0.25) is 0 Å². The number of methoxy groups -OCH3 is 1. The Labute approximate surface area is 211 Å². The van der Waals surface area contributed by atoms with E-state index in [1.165, 1.54) is 7.11 Å². The summed E-state index contributed by atoms with van der Waals surface area (Å²) in [7, 11) is 1.52. The quantitative estimate of drug-likeness (QED) is 0.214. The van der Waals surface area contributed by atoms with Gasteiger partial charge in [-0.2, -0.15) is 0 Å². The molecule has 178 valence electrons. The second-order valence-corrected chi connectivity index (χ2v) is 8.28. The van der Waals surface area contributed by atoms with Crippen LogP contribution in [-0.2, 0) is 9.59 Å². The van der Waals surface area contributed by atoms with Crippen LogP contribution < -0.4 is 19.7 Å². The summed E-state index contributed by atoms with van der Waals surface area (Å²) in [6, 6.07) is 25.9. The zero-order valence-corrected chi connectivity index (χ0v) is 19.8. The topological polar surface area (TPSA) is 84.9 Å². The summed E-state index contributed by atoms with van der Waals surface area (Å²) in [5, 5.41) is 4.46. The number of ether oxygens (including phenoxy) is 2. The summed E-state index contributed by atoms with van der Waals surface area (Å²) in [6.45, 7) is 0. The Hall–Kier alpha value is -4.62. The number of hydrogen-bond acceptors (Lipinski definition) is 6. The Balaban J connectivity index is 1.31. The number of benzene rings is 4. The Morgan fingerprint density at radius 2 is 1.53 bits per heavy atom. The van der Waals surface area contributed by atoms with Gasteiger partial charge >= 0.3 is 5.97 Å². The fourth-order valence-electron chi connectivity index (χ4n) is 3.85. The van der Waals surface area contributed by atoms with Gasteiger partial charge in [0.1, 0.15) is 22.2 Å². The minimum absolute atomic E-state index is 0.0523. The van der Waals surface area contributed by atoms with Crippen LogP contribution in [0.15, 0.2) is 102 Å². The molecule has 2 amide bonds. The molecule has 1 N–H and O–H groups in total. The minimum Gasteiger partial charge on any atom is -0.497 e. The van der Waals surface area contributed by atoms with Crippen molar-refractivity contribution in [2.24, 2.45) is 0 Å². The van der Waals surface area contributed by atoms with E-state index in [9.17, 15) is 14.4 Å². The molecule has 0 atom stereocenters. The molecule has 0 aliphatic carbocycles. The highest BCUT2D eigenvalue weighted by Gasteiger charge is 2.39. The number of nitrogens with one attached hydrogen (secondary N) is 1. The third-order valence-corrected chi connectivity index (χ3v) is 6.05. The van der Waals surface area contributed by atoms with Crippen molar-refractivity contribution in [3.8, 4) is 11.5 Å². The van der Waals surface area contributed by atoms with Gasteiger partial charge in [-0.1, -0.05) is 48.0 Å². The van der Waals surface area contributed by atoms with Crippen LogP contribution in [0.4, 0.5) is 11.4 Å². The predicted octanol–water partition coefficient (Wildman–Crippen LogP) is 5.50. The number of halogens is 1. The van der Waals surface area contributed by atoms with E-state index >= 15 is 0 Å². The number of fused-ring (bicyclic) bond motifs is 1. The molecule has 0 spiro atoms. The lowest BCUT2D eigenvalue weighted by Gasteiger charge is -2.15. The van der Waals surface area contributed by atoms with Crippen molar-refractivity contribution < 1.29 is 23.9 Å². The van der Waals surface area contributed by atoms with Gasteiger partial charge in [-0.15, -0.1) is 0 Å². The van der Waals surface area contributed by atoms with E-state index in [1.807, 2.05) is 36.4 Å². The maximum atomic E-state index is 13.0. The number of amides is 2. The van der Waals surface area contributed by atoms with Crippen molar-refractivity contribution in [2.45, 2.75) is 0 Å². The van der Waals surface area contributed by atoms with E-state index in [1.54, 1.807) is 54.6 Å². The monoisotopic (exact) mass is 498 g/mol. The van der Waals surface area contributed by atoms with Crippen LogP contribution in [0.3, 0.4) is 0 Å². The molecule has 1 heterocycles. The number of esters is 1. The first-order valence-corrected chi connectivity index (χ1v) is 11.3. The van der Waals surface area contributed by atoms with Crippen LogP contribution >= 0.6 is 11.6 Å². The number of hydrogen-bond donors (Lipinski definition) is 1. The molecule has 7 nitrogen and oxygen atoms in total. The largest absolute Gasteiger partial charge is 0.497 e. The summed E-state index contributed by atoms with van der Waals surface area (Å²) in [5.41, 5.74) is 1.11. The maximum absolute atomic E-state index is 13.0. The number of anilines is 2. The lowest BCUT2D eigenvalue weighted by Crippen LogP contribution is -2.32. The van der Waals surface area contributed by atoms with Gasteiger partial charge in [-0.25, -0.2) is 9.69 Å². The zero-order chi connectivity index (χ0) is 25.2. The maximum Gasteiger partial charge on any atom is 0.343 e. The van der Waals surface area contributed by atoms with Crippen molar-refractivity contribution in [3.63, 3.8) is 0 Å².